The monoisotopic (exact) mass is 204 g/mol. The Kier molecular flexibility index (Phi) is 2.67. The van der Waals surface area contributed by atoms with Crippen LogP contribution in [-0.4, -0.2) is 18.7 Å². The van der Waals surface area contributed by atoms with Gasteiger partial charge in [-0.05, 0) is 12.0 Å². The highest BCUT2D eigenvalue weighted by molar-refractivity contribution is 5.89. The minimum atomic E-state index is -0.410. The van der Waals surface area contributed by atoms with Crippen molar-refractivity contribution in [2.45, 2.75) is 13.3 Å². The molecule has 0 amide bonds. The Hall–Kier alpha value is -1.84. The molecule has 0 bridgehead atoms. The number of hydrogen-bond acceptors (Lipinski definition) is 4. The van der Waals surface area contributed by atoms with E-state index in [1.807, 2.05) is 12.1 Å². The summed E-state index contributed by atoms with van der Waals surface area (Å²) in [6.45, 7) is 2.28. The van der Waals surface area contributed by atoms with Gasteiger partial charge in [-0.1, -0.05) is 23.4 Å². The number of benzene rings is 1. The van der Waals surface area contributed by atoms with Crippen LogP contribution in [0.1, 0.15) is 18.1 Å². The molecule has 1 aliphatic rings. The van der Waals surface area contributed by atoms with Gasteiger partial charge in [-0.25, -0.2) is 4.79 Å². The molecule has 0 fully saturated rings. The van der Waals surface area contributed by atoms with E-state index in [-0.39, 0.29) is 0 Å². The Morgan fingerprint density at radius 1 is 1.60 bits per heavy atom. The number of nitrogens with one attached hydrogen (secondary N) is 1. The summed E-state index contributed by atoms with van der Waals surface area (Å²) in [6.07, 6.45) is 2.59. The number of rotatable bonds is 2. The first-order chi connectivity index (χ1) is 7.27. The summed E-state index contributed by atoms with van der Waals surface area (Å²) in [5, 5.41) is 6.88. The summed E-state index contributed by atoms with van der Waals surface area (Å²) < 4.78 is 0. The highest BCUT2D eigenvalue weighted by Gasteiger charge is 2.12. The minimum absolute atomic E-state index is 0.410. The van der Waals surface area contributed by atoms with Gasteiger partial charge in [0.1, 0.15) is 0 Å². The molecule has 1 aromatic carbocycles. The number of carbonyl (C=O) groups excluding carboxylic acids is 1. The first kappa shape index (κ1) is 9.71. The van der Waals surface area contributed by atoms with Crippen LogP contribution in [0.4, 0.5) is 5.69 Å². The summed E-state index contributed by atoms with van der Waals surface area (Å²) in [5.41, 5.74) is 3.32. The number of oxime groups is 1. The minimum Gasteiger partial charge on any atom is -0.384 e. The fraction of sp³-hybridized carbons (Fsp3) is 0.273. The molecule has 4 heteroatoms. The number of carbonyl (C=O) groups is 1. The van der Waals surface area contributed by atoms with Crippen LogP contribution in [0.15, 0.2) is 23.4 Å². The van der Waals surface area contributed by atoms with Crippen molar-refractivity contribution in [2.24, 2.45) is 5.16 Å². The van der Waals surface area contributed by atoms with Crippen LogP contribution in [0.5, 0.6) is 0 Å². The van der Waals surface area contributed by atoms with Gasteiger partial charge >= 0.3 is 5.97 Å². The number of hydrogen-bond donors (Lipinski definition) is 1. The van der Waals surface area contributed by atoms with Crippen LogP contribution < -0.4 is 5.32 Å². The maximum atomic E-state index is 10.5. The van der Waals surface area contributed by atoms with Crippen LogP contribution >= 0.6 is 0 Å². The summed E-state index contributed by atoms with van der Waals surface area (Å²) in [6, 6.07) is 5.99. The fourth-order valence-electron chi connectivity index (χ4n) is 1.63. The molecule has 1 aliphatic heterocycles. The molecule has 1 aromatic rings. The average molecular weight is 204 g/mol. The van der Waals surface area contributed by atoms with E-state index in [9.17, 15) is 4.79 Å². The lowest BCUT2D eigenvalue weighted by atomic mass is 10.1. The molecule has 0 saturated heterocycles. The van der Waals surface area contributed by atoms with Crippen molar-refractivity contribution in [3.63, 3.8) is 0 Å². The van der Waals surface area contributed by atoms with Crippen molar-refractivity contribution in [2.75, 3.05) is 11.9 Å². The second-order valence-corrected chi connectivity index (χ2v) is 3.38. The normalized spacial score (nSPS) is 13.7. The molecule has 15 heavy (non-hydrogen) atoms. The van der Waals surface area contributed by atoms with E-state index in [0.29, 0.717) is 0 Å². The molecule has 0 atom stereocenters. The number of fused-ring (bicyclic) bond motifs is 1. The summed E-state index contributed by atoms with van der Waals surface area (Å²) >= 11 is 0. The van der Waals surface area contributed by atoms with Crippen LogP contribution in [0, 0.1) is 0 Å². The summed E-state index contributed by atoms with van der Waals surface area (Å²) in [5.74, 6) is -0.410. The molecule has 0 aliphatic carbocycles. The van der Waals surface area contributed by atoms with Gasteiger partial charge in [0, 0.05) is 24.7 Å². The molecule has 0 spiro atoms. The van der Waals surface area contributed by atoms with Crippen molar-refractivity contribution in [1.82, 2.24) is 0 Å². The predicted octanol–water partition coefficient (Wildman–Crippen LogP) is 1.55. The molecule has 1 heterocycles. The standard InChI is InChI=1S/C11H12N2O2/c1-8(14)15-13-7-10-4-2-3-9-5-6-12-11(9)10/h2-4,7,12H,5-6H2,1H3. The van der Waals surface area contributed by atoms with E-state index in [2.05, 4.69) is 21.4 Å². The Morgan fingerprint density at radius 2 is 2.47 bits per heavy atom. The second kappa shape index (κ2) is 4.13. The van der Waals surface area contributed by atoms with E-state index in [1.54, 1.807) is 6.21 Å². The third kappa shape index (κ3) is 2.15. The van der Waals surface area contributed by atoms with E-state index in [1.165, 1.54) is 12.5 Å². The molecular weight excluding hydrogens is 192 g/mol. The van der Waals surface area contributed by atoms with Gasteiger partial charge in [-0.2, -0.15) is 0 Å². The smallest absolute Gasteiger partial charge is 0.331 e. The lowest BCUT2D eigenvalue weighted by molar-refractivity contribution is -0.140. The zero-order chi connectivity index (χ0) is 10.7. The van der Waals surface area contributed by atoms with Crippen LogP contribution in [0.3, 0.4) is 0 Å². The van der Waals surface area contributed by atoms with E-state index in [0.717, 1.165) is 24.2 Å². The molecule has 4 nitrogen and oxygen atoms in total. The molecule has 1 N–H and O–H groups in total. The number of para-hydroxylation sites is 1. The Morgan fingerprint density at radius 3 is 3.27 bits per heavy atom. The molecule has 2 rings (SSSR count). The largest absolute Gasteiger partial charge is 0.384 e. The van der Waals surface area contributed by atoms with Crippen molar-refractivity contribution in [3.05, 3.63) is 29.3 Å². The molecular formula is C11H12N2O2. The molecule has 0 aromatic heterocycles. The second-order valence-electron chi connectivity index (χ2n) is 3.38. The SMILES string of the molecule is CC(=O)ON=Cc1cccc2c1NCC2. The highest BCUT2D eigenvalue weighted by atomic mass is 16.7. The van der Waals surface area contributed by atoms with Crippen molar-refractivity contribution in [1.29, 1.82) is 0 Å². The lowest BCUT2D eigenvalue weighted by Crippen LogP contribution is -1.96. The van der Waals surface area contributed by atoms with Gasteiger partial charge in [0.15, 0.2) is 0 Å². The third-order valence-electron chi connectivity index (χ3n) is 2.25. The molecule has 0 radical (unpaired) electrons. The van der Waals surface area contributed by atoms with Crippen molar-refractivity contribution in [3.8, 4) is 0 Å². The number of anilines is 1. The Bertz CT molecular complexity index is 413. The first-order valence-corrected chi connectivity index (χ1v) is 4.84. The number of nitrogens with zero attached hydrogens (tertiary/aromatic N) is 1. The van der Waals surface area contributed by atoms with Gasteiger partial charge < -0.3 is 10.2 Å². The summed E-state index contributed by atoms with van der Waals surface area (Å²) in [7, 11) is 0. The molecule has 78 valence electrons. The first-order valence-electron chi connectivity index (χ1n) is 4.84. The fourth-order valence-corrected chi connectivity index (χ4v) is 1.63. The van der Waals surface area contributed by atoms with E-state index < -0.39 is 5.97 Å². The zero-order valence-electron chi connectivity index (χ0n) is 8.49. The van der Waals surface area contributed by atoms with Crippen LogP contribution in [0.2, 0.25) is 0 Å². The summed E-state index contributed by atoms with van der Waals surface area (Å²) in [4.78, 5) is 15.0. The van der Waals surface area contributed by atoms with E-state index in [4.69, 9.17) is 0 Å². The van der Waals surface area contributed by atoms with Gasteiger partial charge in [-0.15, -0.1) is 0 Å². The average Bonchev–Trinajstić information content (AvgIpc) is 2.65. The lowest BCUT2D eigenvalue weighted by Gasteiger charge is -2.02. The van der Waals surface area contributed by atoms with Crippen LogP contribution in [-0.2, 0) is 16.1 Å². The maximum absolute atomic E-state index is 10.5. The molecule has 0 unspecified atom stereocenters. The van der Waals surface area contributed by atoms with Crippen molar-refractivity contribution < 1.29 is 9.63 Å². The van der Waals surface area contributed by atoms with Gasteiger partial charge in [0.2, 0.25) is 0 Å². The van der Waals surface area contributed by atoms with E-state index >= 15 is 0 Å². The third-order valence-corrected chi connectivity index (χ3v) is 2.25. The quantitative estimate of drug-likeness (QED) is 0.451. The Labute approximate surface area is 87.9 Å². The topological polar surface area (TPSA) is 50.7 Å². The van der Waals surface area contributed by atoms with Crippen LogP contribution in [0.25, 0.3) is 0 Å². The predicted molar refractivity (Wildman–Crippen MR) is 58.0 cm³/mol. The molecule has 0 saturated carbocycles. The maximum Gasteiger partial charge on any atom is 0.331 e. The van der Waals surface area contributed by atoms with Gasteiger partial charge in [-0.3, -0.25) is 0 Å². The van der Waals surface area contributed by atoms with Crippen molar-refractivity contribution >= 4 is 17.9 Å². The highest BCUT2D eigenvalue weighted by Crippen LogP contribution is 2.24. The zero-order valence-corrected chi connectivity index (χ0v) is 8.49. The van der Waals surface area contributed by atoms with Gasteiger partial charge in [0.25, 0.3) is 0 Å². The Balaban J connectivity index is 2.18. The van der Waals surface area contributed by atoms with Gasteiger partial charge in [0.05, 0.1) is 6.21 Å².